The number of nitrogens with two attached hydrogens (primary N) is 1. The number of benzene rings is 1. The van der Waals surface area contributed by atoms with Crippen LogP contribution in [0.2, 0.25) is 0 Å². The number of hydrogen-bond acceptors (Lipinski definition) is 4. The van der Waals surface area contributed by atoms with Gasteiger partial charge in [0.05, 0.1) is 11.1 Å². The first-order valence-corrected chi connectivity index (χ1v) is 6.47. The smallest absolute Gasteiger partial charge is 0.253 e. The molecule has 0 aliphatic carbocycles. The molecule has 19 heavy (non-hydrogen) atoms. The molecule has 1 amide bonds. The van der Waals surface area contributed by atoms with Crippen LogP contribution in [0.3, 0.4) is 0 Å². The lowest BCUT2D eigenvalue weighted by Gasteiger charge is -2.16. The molecule has 2 rings (SSSR count). The van der Waals surface area contributed by atoms with Gasteiger partial charge in [0.1, 0.15) is 5.52 Å². The number of carbonyl (C=O) groups is 1. The number of aromatic nitrogens is 2. The SMILES string of the molecule is CCCC(CN)NC(=O)c1cccc2nccnc12. The van der Waals surface area contributed by atoms with E-state index in [9.17, 15) is 4.79 Å². The summed E-state index contributed by atoms with van der Waals surface area (Å²) >= 11 is 0. The Kier molecular flexibility index (Phi) is 4.41. The third-order valence-corrected chi connectivity index (χ3v) is 3.00. The van der Waals surface area contributed by atoms with E-state index < -0.39 is 0 Å². The van der Waals surface area contributed by atoms with Crippen LogP contribution in [-0.4, -0.2) is 28.5 Å². The van der Waals surface area contributed by atoms with E-state index in [0.717, 1.165) is 18.4 Å². The van der Waals surface area contributed by atoms with Crippen molar-refractivity contribution in [1.29, 1.82) is 0 Å². The summed E-state index contributed by atoms with van der Waals surface area (Å²) in [5, 5.41) is 2.94. The second kappa shape index (κ2) is 6.24. The number of fused-ring (bicyclic) bond motifs is 1. The average molecular weight is 258 g/mol. The lowest BCUT2D eigenvalue weighted by Crippen LogP contribution is -2.40. The fourth-order valence-corrected chi connectivity index (χ4v) is 2.04. The van der Waals surface area contributed by atoms with Crippen LogP contribution in [0, 0.1) is 0 Å². The van der Waals surface area contributed by atoms with Crippen molar-refractivity contribution in [2.75, 3.05) is 6.54 Å². The van der Waals surface area contributed by atoms with Gasteiger partial charge in [-0.3, -0.25) is 14.8 Å². The first-order valence-electron chi connectivity index (χ1n) is 6.47. The standard InChI is InChI=1S/C14H18N4O/c1-2-4-10(9-15)18-14(19)11-5-3-6-12-13(11)17-8-7-16-12/h3,5-8,10H,2,4,9,15H2,1H3,(H,18,19). The fraction of sp³-hybridized carbons (Fsp3) is 0.357. The van der Waals surface area contributed by atoms with Crippen LogP contribution in [0.1, 0.15) is 30.1 Å². The Balaban J connectivity index is 2.26. The van der Waals surface area contributed by atoms with Gasteiger partial charge in [0.15, 0.2) is 0 Å². The molecule has 100 valence electrons. The summed E-state index contributed by atoms with van der Waals surface area (Å²) in [6.45, 7) is 2.51. The molecule has 0 saturated heterocycles. The van der Waals surface area contributed by atoms with E-state index in [1.54, 1.807) is 18.5 Å². The number of nitrogens with one attached hydrogen (secondary N) is 1. The second-order valence-corrected chi connectivity index (χ2v) is 4.42. The minimum atomic E-state index is -0.144. The molecule has 1 aromatic carbocycles. The maximum atomic E-state index is 12.3. The molecule has 0 bridgehead atoms. The predicted molar refractivity (Wildman–Crippen MR) is 74.8 cm³/mol. The van der Waals surface area contributed by atoms with Gasteiger partial charge in [0.25, 0.3) is 5.91 Å². The summed E-state index contributed by atoms with van der Waals surface area (Å²) in [5.41, 5.74) is 7.53. The number of para-hydroxylation sites is 1. The molecule has 0 radical (unpaired) electrons. The number of amides is 1. The van der Waals surface area contributed by atoms with Crippen LogP contribution in [0.25, 0.3) is 11.0 Å². The van der Waals surface area contributed by atoms with E-state index in [1.807, 2.05) is 12.1 Å². The van der Waals surface area contributed by atoms with E-state index in [0.29, 0.717) is 17.6 Å². The van der Waals surface area contributed by atoms with Gasteiger partial charge in [-0.15, -0.1) is 0 Å². The highest BCUT2D eigenvalue weighted by atomic mass is 16.1. The Hall–Kier alpha value is -2.01. The summed E-state index contributed by atoms with van der Waals surface area (Å²) in [6.07, 6.45) is 5.06. The van der Waals surface area contributed by atoms with Crippen molar-refractivity contribution >= 4 is 16.9 Å². The second-order valence-electron chi connectivity index (χ2n) is 4.42. The van der Waals surface area contributed by atoms with Crippen LogP contribution >= 0.6 is 0 Å². The van der Waals surface area contributed by atoms with Crippen molar-refractivity contribution in [3.8, 4) is 0 Å². The van der Waals surface area contributed by atoms with Crippen LogP contribution in [-0.2, 0) is 0 Å². The molecular weight excluding hydrogens is 240 g/mol. The molecule has 0 saturated carbocycles. The highest BCUT2D eigenvalue weighted by Crippen LogP contribution is 2.14. The lowest BCUT2D eigenvalue weighted by molar-refractivity contribution is 0.0937. The quantitative estimate of drug-likeness (QED) is 0.851. The zero-order chi connectivity index (χ0) is 13.7. The maximum Gasteiger partial charge on any atom is 0.253 e. The molecule has 3 N–H and O–H groups in total. The summed E-state index contributed by atoms with van der Waals surface area (Å²) in [4.78, 5) is 20.7. The van der Waals surface area contributed by atoms with E-state index in [4.69, 9.17) is 5.73 Å². The zero-order valence-electron chi connectivity index (χ0n) is 11.0. The molecule has 2 aromatic rings. The highest BCUT2D eigenvalue weighted by molar-refractivity contribution is 6.04. The third kappa shape index (κ3) is 3.06. The number of nitrogens with zero attached hydrogens (tertiary/aromatic N) is 2. The lowest BCUT2D eigenvalue weighted by atomic mass is 10.1. The average Bonchev–Trinajstić information content (AvgIpc) is 2.46. The molecule has 1 unspecified atom stereocenters. The molecule has 5 nitrogen and oxygen atoms in total. The molecule has 1 atom stereocenters. The van der Waals surface area contributed by atoms with Crippen molar-refractivity contribution in [1.82, 2.24) is 15.3 Å². The Labute approximate surface area is 112 Å². The highest BCUT2D eigenvalue weighted by Gasteiger charge is 2.14. The van der Waals surface area contributed by atoms with Gasteiger partial charge in [0.2, 0.25) is 0 Å². The Morgan fingerprint density at radius 1 is 1.37 bits per heavy atom. The molecule has 1 heterocycles. The van der Waals surface area contributed by atoms with Gasteiger partial charge < -0.3 is 11.1 Å². The normalized spacial score (nSPS) is 12.3. The number of hydrogen-bond donors (Lipinski definition) is 2. The van der Waals surface area contributed by atoms with Crippen molar-refractivity contribution in [3.05, 3.63) is 36.2 Å². The minimum Gasteiger partial charge on any atom is -0.348 e. The van der Waals surface area contributed by atoms with Gasteiger partial charge in [-0.1, -0.05) is 19.4 Å². The molecule has 0 aliphatic heterocycles. The van der Waals surface area contributed by atoms with Gasteiger partial charge in [-0.2, -0.15) is 0 Å². The third-order valence-electron chi connectivity index (χ3n) is 3.00. The van der Waals surface area contributed by atoms with Crippen molar-refractivity contribution in [2.45, 2.75) is 25.8 Å². The first kappa shape index (κ1) is 13.4. The Bertz CT molecular complexity index is 565. The van der Waals surface area contributed by atoms with E-state index >= 15 is 0 Å². The van der Waals surface area contributed by atoms with Crippen LogP contribution in [0.5, 0.6) is 0 Å². The van der Waals surface area contributed by atoms with E-state index in [-0.39, 0.29) is 11.9 Å². The zero-order valence-corrected chi connectivity index (χ0v) is 11.0. The summed E-state index contributed by atoms with van der Waals surface area (Å²) in [5.74, 6) is -0.144. The molecule has 0 spiro atoms. The van der Waals surface area contributed by atoms with Gasteiger partial charge >= 0.3 is 0 Å². The maximum absolute atomic E-state index is 12.3. The van der Waals surface area contributed by atoms with E-state index in [1.165, 1.54) is 0 Å². The van der Waals surface area contributed by atoms with Gasteiger partial charge in [0, 0.05) is 25.0 Å². The summed E-state index contributed by atoms with van der Waals surface area (Å²) in [6, 6.07) is 5.41. The molecule has 1 aromatic heterocycles. The van der Waals surface area contributed by atoms with Crippen molar-refractivity contribution in [2.24, 2.45) is 5.73 Å². The van der Waals surface area contributed by atoms with Crippen LogP contribution < -0.4 is 11.1 Å². The molecular formula is C14H18N4O. The Morgan fingerprint density at radius 2 is 2.16 bits per heavy atom. The fourth-order valence-electron chi connectivity index (χ4n) is 2.04. The van der Waals surface area contributed by atoms with Crippen molar-refractivity contribution < 1.29 is 4.79 Å². The summed E-state index contributed by atoms with van der Waals surface area (Å²) < 4.78 is 0. The number of carbonyl (C=O) groups excluding carboxylic acids is 1. The monoisotopic (exact) mass is 258 g/mol. The largest absolute Gasteiger partial charge is 0.348 e. The van der Waals surface area contributed by atoms with Crippen LogP contribution in [0.4, 0.5) is 0 Å². The van der Waals surface area contributed by atoms with Gasteiger partial charge in [-0.25, -0.2) is 0 Å². The summed E-state index contributed by atoms with van der Waals surface area (Å²) in [7, 11) is 0. The Morgan fingerprint density at radius 3 is 2.89 bits per heavy atom. The van der Waals surface area contributed by atoms with E-state index in [2.05, 4.69) is 22.2 Å². The molecule has 0 fully saturated rings. The van der Waals surface area contributed by atoms with Gasteiger partial charge in [-0.05, 0) is 18.6 Å². The number of rotatable bonds is 5. The molecule has 0 aliphatic rings. The minimum absolute atomic E-state index is 0.00410. The predicted octanol–water partition coefficient (Wildman–Crippen LogP) is 1.49. The first-order chi connectivity index (χ1) is 9.26. The molecule has 5 heteroatoms. The van der Waals surface area contributed by atoms with Crippen molar-refractivity contribution in [3.63, 3.8) is 0 Å². The topological polar surface area (TPSA) is 80.9 Å². The van der Waals surface area contributed by atoms with Crippen LogP contribution in [0.15, 0.2) is 30.6 Å².